The van der Waals surface area contributed by atoms with Crippen molar-refractivity contribution in [1.29, 1.82) is 5.26 Å². The highest BCUT2D eigenvalue weighted by atomic mass is 16.5. The Morgan fingerprint density at radius 3 is 2.74 bits per heavy atom. The first-order chi connectivity index (χ1) is 13.2. The van der Waals surface area contributed by atoms with E-state index in [4.69, 9.17) is 10.00 Å². The van der Waals surface area contributed by atoms with Crippen LogP contribution < -0.4 is 5.32 Å². The fraction of sp³-hybridized carbons (Fsp3) is 0.737. The highest BCUT2D eigenvalue weighted by Gasteiger charge is 2.40. The summed E-state index contributed by atoms with van der Waals surface area (Å²) in [5, 5.41) is 16.6. The number of hydrogen-bond acceptors (Lipinski definition) is 5. The zero-order valence-corrected chi connectivity index (χ0v) is 15.8. The van der Waals surface area contributed by atoms with Gasteiger partial charge in [0.25, 0.3) is 0 Å². The van der Waals surface area contributed by atoms with Crippen molar-refractivity contribution >= 4 is 6.03 Å². The van der Waals surface area contributed by atoms with Gasteiger partial charge in [0.2, 0.25) is 0 Å². The molecule has 4 rings (SSSR count). The van der Waals surface area contributed by atoms with E-state index in [0.717, 1.165) is 57.8 Å². The van der Waals surface area contributed by atoms with E-state index in [1.807, 2.05) is 9.58 Å². The third-order valence-corrected chi connectivity index (χ3v) is 6.20. The maximum Gasteiger partial charge on any atom is 0.317 e. The number of nitrogens with zero attached hydrogens (tertiary/aromatic N) is 5. The number of nitrogens with one attached hydrogen (secondary N) is 1. The number of aryl methyl sites for hydroxylation is 1. The molecule has 2 fully saturated rings. The fourth-order valence-corrected chi connectivity index (χ4v) is 4.72. The van der Waals surface area contributed by atoms with Crippen molar-refractivity contribution in [3.05, 3.63) is 17.5 Å². The predicted molar refractivity (Wildman–Crippen MR) is 99.0 cm³/mol. The van der Waals surface area contributed by atoms with Gasteiger partial charge in [0.15, 0.2) is 5.69 Å². The van der Waals surface area contributed by atoms with E-state index in [9.17, 15) is 4.79 Å². The van der Waals surface area contributed by atoms with Crippen LogP contribution in [0, 0.1) is 11.3 Å². The minimum atomic E-state index is -0.0114. The molecule has 8 heteroatoms. The highest BCUT2D eigenvalue weighted by Crippen LogP contribution is 2.35. The highest BCUT2D eigenvalue weighted by molar-refractivity contribution is 5.74. The lowest BCUT2D eigenvalue weighted by Crippen LogP contribution is -2.58. The minimum Gasteiger partial charge on any atom is -0.379 e. The fourth-order valence-electron chi connectivity index (χ4n) is 4.72. The Morgan fingerprint density at radius 2 is 2.00 bits per heavy atom. The molecule has 0 unspecified atom stereocenters. The van der Waals surface area contributed by atoms with Crippen LogP contribution in [0.1, 0.15) is 43.5 Å². The van der Waals surface area contributed by atoms with Crippen molar-refractivity contribution in [2.75, 3.05) is 39.4 Å². The number of morpholine rings is 1. The molecule has 1 aromatic heterocycles. The Labute approximate surface area is 160 Å². The molecule has 0 bridgehead atoms. The predicted octanol–water partition coefficient (Wildman–Crippen LogP) is 1.32. The minimum absolute atomic E-state index is 0.0114. The quantitative estimate of drug-likeness (QED) is 0.865. The van der Waals surface area contributed by atoms with Gasteiger partial charge in [-0.3, -0.25) is 9.58 Å². The van der Waals surface area contributed by atoms with Gasteiger partial charge in [-0.15, -0.1) is 0 Å². The SMILES string of the molecule is N#Cc1cc2n(n1)CCCN(C(=O)NCC1(N3CCOCC3)CCCC1)C2. The van der Waals surface area contributed by atoms with E-state index in [1.165, 1.54) is 12.8 Å². The second-order valence-electron chi connectivity index (χ2n) is 7.82. The summed E-state index contributed by atoms with van der Waals surface area (Å²) < 4.78 is 7.37. The van der Waals surface area contributed by atoms with Crippen molar-refractivity contribution < 1.29 is 9.53 Å². The summed E-state index contributed by atoms with van der Waals surface area (Å²) in [6, 6.07) is 3.86. The molecule has 1 saturated heterocycles. The zero-order chi connectivity index (χ0) is 18.7. The third-order valence-electron chi connectivity index (χ3n) is 6.20. The van der Waals surface area contributed by atoms with Crippen molar-refractivity contribution in [2.45, 2.75) is 50.7 Å². The van der Waals surface area contributed by atoms with Gasteiger partial charge in [0, 0.05) is 38.3 Å². The Kier molecular flexibility index (Phi) is 5.32. The number of fused-ring (bicyclic) bond motifs is 1. The number of nitriles is 1. The van der Waals surface area contributed by atoms with Gasteiger partial charge in [0.05, 0.1) is 25.5 Å². The zero-order valence-electron chi connectivity index (χ0n) is 15.8. The first-order valence-electron chi connectivity index (χ1n) is 10.0. The Morgan fingerprint density at radius 1 is 1.22 bits per heavy atom. The average Bonchev–Trinajstić information content (AvgIpc) is 3.29. The van der Waals surface area contributed by atoms with Crippen LogP contribution in [0.15, 0.2) is 6.07 Å². The summed E-state index contributed by atoms with van der Waals surface area (Å²) in [5.74, 6) is 0. The largest absolute Gasteiger partial charge is 0.379 e. The van der Waals surface area contributed by atoms with Crippen molar-refractivity contribution in [3.8, 4) is 6.07 Å². The van der Waals surface area contributed by atoms with Gasteiger partial charge in [-0.1, -0.05) is 12.8 Å². The number of aromatic nitrogens is 2. The number of urea groups is 1. The summed E-state index contributed by atoms with van der Waals surface area (Å²) in [4.78, 5) is 17.3. The molecule has 1 aromatic rings. The Balaban J connectivity index is 1.40. The lowest BCUT2D eigenvalue weighted by atomic mass is 9.94. The summed E-state index contributed by atoms with van der Waals surface area (Å²) >= 11 is 0. The van der Waals surface area contributed by atoms with E-state index < -0.39 is 0 Å². The molecule has 1 saturated carbocycles. The smallest absolute Gasteiger partial charge is 0.317 e. The molecule has 8 nitrogen and oxygen atoms in total. The molecule has 2 amide bonds. The van der Waals surface area contributed by atoms with Gasteiger partial charge < -0.3 is 15.0 Å². The van der Waals surface area contributed by atoms with Gasteiger partial charge in [-0.2, -0.15) is 10.4 Å². The molecule has 2 aliphatic heterocycles. The third kappa shape index (κ3) is 3.80. The van der Waals surface area contributed by atoms with Crippen LogP contribution in [0.25, 0.3) is 0 Å². The maximum absolute atomic E-state index is 12.9. The molecular formula is C19H28N6O2. The molecule has 0 atom stereocenters. The monoisotopic (exact) mass is 372 g/mol. The normalized spacial score (nSPS) is 22.7. The van der Waals surface area contributed by atoms with Gasteiger partial charge in [0.1, 0.15) is 6.07 Å². The van der Waals surface area contributed by atoms with E-state index in [1.54, 1.807) is 6.07 Å². The van der Waals surface area contributed by atoms with Crippen LogP contribution in [0.3, 0.4) is 0 Å². The molecule has 0 radical (unpaired) electrons. The van der Waals surface area contributed by atoms with Gasteiger partial charge >= 0.3 is 6.03 Å². The Hall–Kier alpha value is -2.11. The average molecular weight is 372 g/mol. The van der Waals surface area contributed by atoms with Crippen LogP contribution in [0.5, 0.6) is 0 Å². The van der Waals surface area contributed by atoms with Crippen LogP contribution in [-0.2, 0) is 17.8 Å². The van der Waals surface area contributed by atoms with Crippen molar-refractivity contribution in [3.63, 3.8) is 0 Å². The van der Waals surface area contributed by atoms with Gasteiger partial charge in [-0.05, 0) is 25.3 Å². The number of ether oxygens (including phenoxy) is 1. The van der Waals surface area contributed by atoms with E-state index in [2.05, 4.69) is 21.4 Å². The molecule has 3 aliphatic rings. The number of amides is 2. The standard InChI is InChI=1S/C19H28N6O2/c20-13-16-12-17-14-23(6-3-7-25(17)22-16)18(26)21-15-19(4-1-2-5-19)24-8-10-27-11-9-24/h12H,1-11,14-15H2,(H,21,26). The summed E-state index contributed by atoms with van der Waals surface area (Å²) in [6.07, 6.45) is 5.60. The maximum atomic E-state index is 12.9. The molecule has 1 aliphatic carbocycles. The first-order valence-corrected chi connectivity index (χ1v) is 10.0. The first kappa shape index (κ1) is 18.3. The lowest BCUT2D eigenvalue weighted by molar-refractivity contribution is -0.0197. The van der Waals surface area contributed by atoms with Crippen LogP contribution >= 0.6 is 0 Å². The van der Waals surface area contributed by atoms with Crippen LogP contribution in [0.4, 0.5) is 4.79 Å². The van der Waals surface area contributed by atoms with Crippen molar-refractivity contribution in [2.24, 2.45) is 0 Å². The summed E-state index contributed by atoms with van der Waals surface area (Å²) in [7, 11) is 0. The van der Waals surface area contributed by atoms with Crippen LogP contribution in [0.2, 0.25) is 0 Å². The number of hydrogen-bond donors (Lipinski definition) is 1. The molecule has 1 N–H and O–H groups in total. The number of carbonyl (C=O) groups is 1. The van der Waals surface area contributed by atoms with Crippen LogP contribution in [-0.4, -0.2) is 70.5 Å². The number of carbonyl (C=O) groups excluding carboxylic acids is 1. The molecule has 3 heterocycles. The van der Waals surface area contributed by atoms with Gasteiger partial charge in [-0.25, -0.2) is 4.79 Å². The molecule has 27 heavy (non-hydrogen) atoms. The molecule has 0 aromatic carbocycles. The molecular weight excluding hydrogens is 344 g/mol. The Bertz CT molecular complexity index is 712. The summed E-state index contributed by atoms with van der Waals surface area (Å²) in [5.41, 5.74) is 1.44. The molecule has 0 spiro atoms. The topological polar surface area (TPSA) is 86.4 Å². The van der Waals surface area contributed by atoms with Crippen molar-refractivity contribution in [1.82, 2.24) is 24.9 Å². The van der Waals surface area contributed by atoms with E-state index in [0.29, 0.717) is 25.3 Å². The number of rotatable bonds is 3. The second kappa shape index (κ2) is 7.87. The second-order valence-corrected chi connectivity index (χ2v) is 7.82. The lowest BCUT2D eigenvalue weighted by Gasteiger charge is -2.43. The summed E-state index contributed by atoms with van der Waals surface area (Å²) in [6.45, 7) is 6.14. The van der Waals surface area contributed by atoms with E-state index >= 15 is 0 Å². The molecule has 146 valence electrons. The van der Waals surface area contributed by atoms with E-state index in [-0.39, 0.29) is 11.6 Å².